The van der Waals surface area contributed by atoms with Gasteiger partial charge in [-0.05, 0) is 35.4 Å². The summed E-state index contributed by atoms with van der Waals surface area (Å²) < 4.78 is 21.4. The van der Waals surface area contributed by atoms with Crippen LogP contribution in [0.5, 0.6) is 23.0 Å². The van der Waals surface area contributed by atoms with Gasteiger partial charge >= 0.3 is 0 Å². The Balaban J connectivity index is 1.64. The van der Waals surface area contributed by atoms with Crippen LogP contribution in [0.2, 0.25) is 0 Å². The molecule has 5 heteroatoms. The van der Waals surface area contributed by atoms with Crippen molar-refractivity contribution in [3.05, 3.63) is 47.5 Å². The lowest BCUT2D eigenvalue weighted by Crippen LogP contribution is -2.12. The smallest absolute Gasteiger partial charge is 0.231 e. The zero-order valence-corrected chi connectivity index (χ0v) is 12.7. The molecule has 0 saturated carbocycles. The van der Waals surface area contributed by atoms with Crippen LogP contribution in [-0.4, -0.2) is 21.0 Å². The van der Waals surface area contributed by atoms with Crippen molar-refractivity contribution in [2.45, 2.75) is 13.1 Å². The lowest BCUT2D eigenvalue weighted by molar-refractivity contribution is 0.171. The van der Waals surface area contributed by atoms with Crippen molar-refractivity contribution in [2.75, 3.05) is 21.0 Å². The first-order valence-electron chi connectivity index (χ1n) is 7.10. The average Bonchev–Trinajstić information content (AvgIpc) is 3.03. The molecule has 22 heavy (non-hydrogen) atoms. The molecule has 1 aliphatic rings. The number of nitrogens with one attached hydrogen (secondary N) is 1. The molecule has 1 aliphatic heterocycles. The van der Waals surface area contributed by atoms with Gasteiger partial charge in [0.2, 0.25) is 12.5 Å². The van der Waals surface area contributed by atoms with E-state index in [2.05, 4.69) is 11.4 Å². The molecule has 116 valence electrons. The third-order valence-corrected chi connectivity index (χ3v) is 3.51. The van der Waals surface area contributed by atoms with Crippen molar-refractivity contribution in [1.29, 1.82) is 0 Å². The highest BCUT2D eigenvalue weighted by atomic mass is 16.7. The van der Waals surface area contributed by atoms with Crippen LogP contribution in [0.4, 0.5) is 0 Å². The zero-order chi connectivity index (χ0) is 15.4. The normalized spacial score (nSPS) is 12.3. The molecule has 5 nitrogen and oxygen atoms in total. The Labute approximate surface area is 129 Å². The minimum Gasteiger partial charge on any atom is -0.497 e. The predicted octanol–water partition coefficient (Wildman–Crippen LogP) is 2.72. The molecule has 0 radical (unpaired) electrons. The summed E-state index contributed by atoms with van der Waals surface area (Å²) in [7, 11) is 3.30. The molecule has 0 spiro atoms. The Kier molecular flexibility index (Phi) is 4.34. The highest BCUT2D eigenvalue weighted by molar-refractivity contribution is 5.55. The minimum atomic E-state index is 0.242. The maximum Gasteiger partial charge on any atom is 0.231 e. The van der Waals surface area contributed by atoms with E-state index in [0.717, 1.165) is 23.6 Å². The average molecular weight is 301 g/mol. The molecule has 0 fully saturated rings. The second-order valence-electron chi connectivity index (χ2n) is 4.99. The van der Waals surface area contributed by atoms with Gasteiger partial charge in [0.25, 0.3) is 0 Å². The molecule has 0 unspecified atom stereocenters. The molecule has 0 bridgehead atoms. The van der Waals surface area contributed by atoms with Crippen molar-refractivity contribution in [3.8, 4) is 23.0 Å². The number of methoxy groups -OCH3 is 2. The van der Waals surface area contributed by atoms with E-state index in [4.69, 9.17) is 18.9 Å². The van der Waals surface area contributed by atoms with Crippen LogP contribution in [0, 0.1) is 0 Å². The van der Waals surface area contributed by atoms with E-state index in [1.807, 2.05) is 30.3 Å². The van der Waals surface area contributed by atoms with Gasteiger partial charge in [0.1, 0.15) is 5.75 Å². The van der Waals surface area contributed by atoms with Gasteiger partial charge in [-0.2, -0.15) is 0 Å². The van der Waals surface area contributed by atoms with Gasteiger partial charge in [-0.1, -0.05) is 12.1 Å². The Hall–Kier alpha value is -2.40. The van der Waals surface area contributed by atoms with Crippen LogP contribution in [0.25, 0.3) is 0 Å². The molecule has 2 aromatic rings. The van der Waals surface area contributed by atoms with Gasteiger partial charge in [0.05, 0.1) is 14.2 Å². The van der Waals surface area contributed by atoms with Gasteiger partial charge in [0.15, 0.2) is 11.5 Å². The Morgan fingerprint density at radius 3 is 2.68 bits per heavy atom. The first-order valence-corrected chi connectivity index (χ1v) is 7.10. The van der Waals surface area contributed by atoms with E-state index in [1.165, 1.54) is 5.56 Å². The van der Waals surface area contributed by atoms with E-state index in [9.17, 15) is 0 Å². The van der Waals surface area contributed by atoms with Crippen molar-refractivity contribution in [3.63, 3.8) is 0 Å². The fourth-order valence-corrected chi connectivity index (χ4v) is 2.42. The Morgan fingerprint density at radius 1 is 1.00 bits per heavy atom. The first kappa shape index (κ1) is 14.5. The summed E-state index contributed by atoms with van der Waals surface area (Å²) in [5.41, 5.74) is 2.26. The van der Waals surface area contributed by atoms with Gasteiger partial charge < -0.3 is 24.3 Å². The third-order valence-electron chi connectivity index (χ3n) is 3.51. The quantitative estimate of drug-likeness (QED) is 0.889. The van der Waals surface area contributed by atoms with Crippen LogP contribution < -0.4 is 24.3 Å². The zero-order valence-electron chi connectivity index (χ0n) is 12.7. The molecule has 0 aliphatic carbocycles. The fraction of sp³-hybridized carbons (Fsp3) is 0.294. The maximum absolute atomic E-state index is 5.43. The second-order valence-corrected chi connectivity index (χ2v) is 4.99. The van der Waals surface area contributed by atoms with E-state index >= 15 is 0 Å². The summed E-state index contributed by atoms with van der Waals surface area (Å²) in [6, 6.07) is 11.9. The lowest BCUT2D eigenvalue weighted by atomic mass is 10.1. The summed E-state index contributed by atoms with van der Waals surface area (Å²) in [6.45, 7) is 1.71. The summed E-state index contributed by atoms with van der Waals surface area (Å²) in [4.78, 5) is 0. The summed E-state index contributed by atoms with van der Waals surface area (Å²) >= 11 is 0. The van der Waals surface area contributed by atoms with Crippen molar-refractivity contribution >= 4 is 0 Å². The van der Waals surface area contributed by atoms with Crippen LogP contribution in [0.1, 0.15) is 11.1 Å². The molecule has 0 amide bonds. The van der Waals surface area contributed by atoms with Gasteiger partial charge in [-0.25, -0.2) is 0 Å². The number of fused-ring (bicyclic) bond motifs is 1. The van der Waals surface area contributed by atoms with E-state index in [-0.39, 0.29) is 6.79 Å². The topological polar surface area (TPSA) is 49.0 Å². The summed E-state index contributed by atoms with van der Waals surface area (Å²) in [5, 5.41) is 3.40. The van der Waals surface area contributed by atoms with E-state index in [0.29, 0.717) is 18.0 Å². The molecule has 0 aromatic heterocycles. The van der Waals surface area contributed by atoms with Gasteiger partial charge in [-0.3, -0.25) is 0 Å². The number of hydrogen-bond acceptors (Lipinski definition) is 5. The molecule has 1 heterocycles. The molecular formula is C17H19NO4. The highest BCUT2D eigenvalue weighted by Crippen LogP contribution is 2.41. The first-order chi connectivity index (χ1) is 10.8. The van der Waals surface area contributed by atoms with Crippen LogP contribution in [0.3, 0.4) is 0 Å². The molecule has 0 saturated heterocycles. The third kappa shape index (κ3) is 3.09. The standard InChI is InChI=1S/C17H19NO4/c1-19-14-5-3-4-12(6-14)9-18-10-13-7-15(20-2)17-16(8-13)21-11-22-17/h3-8,18H,9-11H2,1-2H3. The largest absolute Gasteiger partial charge is 0.497 e. The van der Waals surface area contributed by atoms with Crippen molar-refractivity contribution in [1.82, 2.24) is 5.32 Å². The van der Waals surface area contributed by atoms with Crippen LogP contribution in [0.15, 0.2) is 36.4 Å². The Bertz CT molecular complexity index is 657. The molecular weight excluding hydrogens is 282 g/mol. The van der Waals surface area contributed by atoms with Crippen molar-refractivity contribution in [2.24, 2.45) is 0 Å². The molecule has 3 rings (SSSR count). The fourth-order valence-electron chi connectivity index (χ4n) is 2.42. The van der Waals surface area contributed by atoms with E-state index in [1.54, 1.807) is 14.2 Å². The number of hydrogen-bond donors (Lipinski definition) is 1. The second kappa shape index (κ2) is 6.58. The van der Waals surface area contributed by atoms with E-state index < -0.39 is 0 Å². The van der Waals surface area contributed by atoms with Gasteiger partial charge in [0, 0.05) is 13.1 Å². The summed E-state index contributed by atoms with van der Waals surface area (Å²) in [5.74, 6) is 2.98. The molecule has 2 aromatic carbocycles. The number of ether oxygens (including phenoxy) is 4. The van der Waals surface area contributed by atoms with Gasteiger partial charge in [-0.15, -0.1) is 0 Å². The SMILES string of the molecule is COc1cccc(CNCc2cc(OC)c3c(c2)OCO3)c1. The van der Waals surface area contributed by atoms with Crippen molar-refractivity contribution < 1.29 is 18.9 Å². The van der Waals surface area contributed by atoms with Crippen LogP contribution in [-0.2, 0) is 13.1 Å². The highest BCUT2D eigenvalue weighted by Gasteiger charge is 2.19. The minimum absolute atomic E-state index is 0.242. The van der Waals surface area contributed by atoms with Crippen LogP contribution >= 0.6 is 0 Å². The Morgan fingerprint density at radius 2 is 1.86 bits per heavy atom. The summed E-state index contributed by atoms with van der Waals surface area (Å²) in [6.07, 6.45) is 0. The molecule has 1 N–H and O–H groups in total. The lowest BCUT2D eigenvalue weighted by Gasteiger charge is -2.10. The number of benzene rings is 2. The maximum atomic E-state index is 5.43. The predicted molar refractivity (Wildman–Crippen MR) is 82.7 cm³/mol. The monoisotopic (exact) mass is 301 g/mol. The number of rotatable bonds is 6. The molecule has 0 atom stereocenters.